The molecular formula is C17H16N2O3S3. The first-order valence-corrected chi connectivity index (χ1v) is 11.1. The van der Waals surface area contributed by atoms with Crippen molar-refractivity contribution in [1.29, 1.82) is 0 Å². The van der Waals surface area contributed by atoms with Gasteiger partial charge in [0.1, 0.15) is 4.21 Å². The van der Waals surface area contributed by atoms with Crippen LogP contribution in [0.25, 0.3) is 11.3 Å². The van der Waals surface area contributed by atoms with E-state index in [1.54, 1.807) is 17.8 Å². The lowest BCUT2D eigenvalue weighted by atomic mass is 10.1. The Balaban J connectivity index is 1.74. The summed E-state index contributed by atoms with van der Waals surface area (Å²) in [5, 5.41) is 5.76. The predicted molar refractivity (Wildman–Crippen MR) is 101 cm³/mol. The molecule has 25 heavy (non-hydrogen) atoms. The Morgan fingerprint density at radius 1 is 1.24 bits per heavy atom. The number of rotatable bonds is 3. The Labute approximate surface area is 154 Å². The van der Waals surface area contributed by atoms with Gasteiger partial charge < -0.3 is 4.52 Å². The molecule has 0 spiro atoms. The van der Waals surface area contributed by atoms with Crippen molar-refractivity contribution in [3.05, 3.63) is 47.0 Å². The molecular weight excluding hydrogens is 376 g/mol. The molecule has 130 valence electrons. The molecule has 0 radical (unpaired) electrons. The smallest absolute Gasteiger partial charge is 0.273 e. The zero-order valence-electron chi connectivity index (χ0n) is 13.7. The summed E-state index contributed by atoms with van der Waals surface area (Å²) in [6.07, 6.45) is 0. The van der Waals surface area contributed by atoms with Gasteiger partial charge in [-0.3, -0.25) is 4.31 Å². The van der Waals surface area contributed by atoms with Crippen LogP contribution in [-0.2, 0) is 10.0 Å². The molecule has 5 nitrogen and oxygen atoms in total. The molecule has 0 saturated heterocycles. The fraction of sp³-hybridized carbons (Fsp3) is 0.235. The van der Waals surface area contributed by atoms with Crippen molar-refractivity contribution in [1.82, 2.24) is 5.16 Å². The highest BCUT2D eigenvalue weighted by molar-refractivity contribution is 8.00. The summed E-state index contributed by atoms with van der Waals surface area (Å²) in [4.78, 5) is 0.996. The molecule has 0 saturated carbocycles. The minimum absolute atomic E-state index is 0.317. The number of sulfonamides is 1. The number of nitrogens with zero attached hydrogens (tertiary/aromatic N) is 2. The fourth-order valence-corrected chi connectivity index (χ4v) is 6.68. The molecule has 1 aliphatic heterocycles. The number of anilines is 1. The van der Waals surface area contributed by atoms with Gasteiger partial charge in [-0.1, -0.05) is 17.3 Å². The van der Waals surface area contributed by atoms with Gasteiger partial charge in [0.2, 0.25) is 0 Å². The molecule has 0 N–H and O–H groups in total. The number of aryl methyl sites for hydroxylation is 1. The molecule has 0 unspecified atom stereocenters. The first-order chi connectivity index (χ1) is 12.0. The molecule has 0 bridgehead atoms. The SMILES string of the molecule is Cc1noc(-c2csc(S(=O)(=O)N3CCSc4ccccc43)c2)c1C. The van der Waals surface area contributed by atoms with E-state index in [1.165, 1.54) is 15.6 Å². The topological polar surface area (TPSA) is 63.4 Å². The summed E-state index contributed by atoms with van der Waals surface area (Å²) in [6, 6.07) is 9.30. The van der Waals surface area contributed by atoms with E-state index >= 15 is 0 Å². The van der Waals surface area contributed by atoms with Crippen LogP contribution in [0.1, 0.15) is 11.3 Å². The molecule has 0 amide bonds. The number of para-hydroxylation sites is 1. The standard InChI is InChI=1S/C17H16N2O3S3/c1-11-12(2)18-22-17(11)13-9-16(24-10-13)25(20,21)19-7-8-23-15-6-4-3-5-14(15)19/h3-6,9-10H,7-8H2,1-2H3. The van der Waals surface area contributed by atoms with Crippen LogP contribution in [0.3, 0.4) is 0 Å². The van der Waals surface area contributed by atoms with Crippen LogP contribution in [0.5, 0.6) is 0 Å². The lowest BCUT2D eigenvalue weighted by molar-refractivity contribution is 0.427. The molecule has 3 heterocycles. The van der Waals surface area contributed by atoms with Gasteiger partial charge in [-0.2, -0.15) is 0 Å². The number of aromatic nitrogens is 1. The van der Waals surface area contributed by atoms with E-state index in [1.807, 2.05) is 43.5 Å². The van der Waals surface area contributed by atoms with Gasteiger partial charge >= 0.3 is 0 Å². The number of hydrogen-bond acceptors (Lipinski definition) is 6. The lowest BCUT2D eigenvalue weighted by Gasteiger charge is -2.29. The summed E-state index contributed by atoms with van der Waals surface area (Å²) in [5.41, 5.74) is 3.25. The largest absolute Gasteiger partial charge is 0.356 e. The summed E-state index contributed by atoms with van der Waals surface area (Å²) in [5.74, 6) is 1.37. The van der Waals surface area contributed by atoms with Gasteiger partial charge in [0.15, 0.2) is 5.76 Å². The second-order valence-electron chi connectivity index (χ2n) is 5.77. The Morgan fingerprint density at radius 3 is 2.80 bits per heavy atom. The van der Waals surface area contributed by atoms with Gasteiger partial charge in [0, 0.05) is 33.7 Å². The van der Waals surface area contributed by atoms with Gasteiger partial charge in [-0.25, -0.2) is 8.42 Å². The van der Waals surface area contributed by atoms with Crippen LogP contribution in [0.4, 0.5) is 5.69 Å². The maximum atomic E-state index is 13.2. The van der Waals surface area contributed by atoms with E-state index in [2.05, 4.69) is 5.16 Å². The lowest BCUT2D eigenvalue weighted by Crippen LogP contribution is -2.34. The van der Waals surface area contributed by atoms with Crippen molar-refractivity contribution in [3.63, 3.8) is 0 Å². The van der Waals surface area contributed by atoms with E-state index in [0.29, 0.717) is 16.5 Å². The van der Waals surface area contributed by atoms with Crippen LogP contribution in [-0.4, -0.2) is 25.9 Å². The zero-order chi connectivity index (χ0) is 17.6. The molecule has 1 aliphatic rings. The van der Waals surface area contributed by atoms with Crippen LogP contribution >= 0.6 is 23.1 Å². The van der Waals surface area contributed by atoms with Crippen LogP contribution in [0.2, 0.25) is 0 Å². The maximum Gasteiger partial charge on any atom is 0.273 e. The van der Waals surface area contributed by atoms with Gasteiger partial charge in [0.25, 0.3) is 10.0 Å². The number of thioether (sulfide) groups is 1. The number of thiophene rings is 1. The summed E-state index contributed by atoms with van der Waals surface area (Å²) in [6.45, 7) is 4.26. The van der Waals surface area contributed by atoms with Gasteiger partial charge in [-0.15, -0.1) is 23.1 Å². The van der Waals surface area contributed by atoms with Gasteiger partial charge in [0.05, 0.1) is 11.4 Å². The normalized spacial score (nSPS) is 14.6. The van der Waals surface area contributed by atoms with Crippen LogP contribution in [0, 0.1) is 13.8 Å². The molecule has 4 rings (SSSR count). The first-order valence-electron chi connectivity index (χ1n) is 7.75. The third-order valence-electron chi connectivity index (χ3n) is 4.23. The Morgan fingerprint density at radius 2 is 2.04 bits per heavy atom. The van der Waals surface area contributed by atoms with Crippen molar-refractivity contribution >= 4 is 38.8 Å². The average Bonchev–Trinajstić information content (AvgIpc) is 3.22. The summed E-state index contributed by atoms with van der Waals surface area (Å²) >= 11 is 2.90. The molecule has 0 atom stereocenters. The maximum absolute atomic E-state index is 13.2. The Bertz CT molecular complexity index is 1040. The second kappa shape index (κ2) is 6.19. The zero-order valence-corrected chi connectivity index (χ0v) is 16.2. The van der Waals surface area contributed by atoms with Crippen molar-refractivity contribution in [2.45, 2.75) is 23.0 Å². The van der Waals surface area contributed by atoms with E-state index < -0.39 is 10.0 Å². The highest BCUT2D eigenvalue weighted by Crippen LogP contribution is 2.39. The fourth-order valence-electron chi connectivity index (χ4n) is 2.76. The average molecular weight is 393 g/mol. The Kier molecular flexibility index (Phi) is 4.13. The molecule has 2 aromatic heterocycles. The van der Waals surface area contributed by atoms with Crippen LogP contribution < -0.4 is 4.31 Å². The van der Waals surface area contributed by atoms with Crippen molar-refractivity contribution in [2.24, 2.45) is 0 Å². The second-order valence-corrected chi connectivity index (χ2v) is 9.91. The molecule has 0 fully saturated rings. The highest BCUT2D eigenvalue weighted by Gasteiger charge is 2.31. The predicted octanol–water partition coefficient (Wildman–Crippen LogP) is 4.32. The monoisotopic (exact) mass is 392 g/mol. The number of benzene rings is 1. The highest BCUT2D eigenvalue weighted by atomic mass is 32.2. The molecule has 8 heteroatoms. The first kappa shape index (κ1) is 16.7. The third-order valence-corrected chi connectivity index (χ3v) is 8.50. The Hall–Kier alpha value is -1.77. The minimum atomic E-state index is -3.59. The van der Waals surface area contributed by atoms with E-state index in [9.17, 15) is 8.42 Å². The number of hydrogen-bond donors (Lipinski definition) is 0. The molecule has 3 aromatic rings. The quantitative estimate of drug-likeness (QED) is 0.664. The number of fused-ring (bicyclic) bond motifs is 1. The minimum Gasteiger partial charge on any atom is -0.356 e. The van der Waals surface area contributed by atoms with Crippen molar-refractivity contribution < 1.29 is 12.9 Å². The summed E-state index contributed by atoms with van der Waals surface area (Å²) < 4.78 is 33.5. The molecule has 0 aliphatic carbocycles. The van der Waals surface area contributed by atoms with Crippen molar-refractivity contribution in [3.8, 4) is 11.3 Å². The van der Waals surface area contributed by atoms with Gasteiger partial charge in [-0.05, 0) is 32.0 Å². The summed E-state index contributed by atoms with van der Waals surface area (Å²) in [7, 11) is -3.59. The van der Waals surface area contributed by atoms with Crippen LogP contribution in [0.15, 0.2) is 49.3 Å². The van der Waals surface area contributed by atoms with E-state index in [-0.39, 0.29) is 0 Å². The molecule has 1 aromatic carbocycles. The van der Waals surface area contributed by atoms with Crippen molar-refractivity contribution in [2.75, 3.05) is 16.6 Å². The van der Waals surface area contributed by atoms with E-state index in [4.69, 9.17) is 4.52 Å². The van der Waals surface area contributed by atoms with E-state index in [0.717, 1.165) is 33.2 Å². The third kappa shape index (κ3) is 2.78.